The van der Waals surface area contributed by atoms with E-state index in [1.54, 1.807) is 11.1 Å². The summed E-state index contributed by atoms with van der Waals surface area (Å²) in [7, 11) is 0. The lowest BCUT2D eigenvalue weighted by molar-refractivity contribution is -0.129. The van der Waals surface area contributed by atoms with Gasteiger partial charge in [-0.3, -0.25) is 9.59 Å². The number of anilines is 1. The van der Waals surface area contributed by atoms with Gasteiger partial charge in [0.25, 0.3) is 0 Å². The molecule has 0 saturated carbocycles. The van der Waals surface area contributed by atoms with Crippen LogP contribution in [0.15, 0.2) is 85.1 Å². The summed E-state index contributed by atoms with van der Waals surface area (Å²) in [6.45, 7) is 4.05. The molecule has 2 amide bonds. The Balaban J connectivity index is 1.67. The van der Waals surface area contributed by atoms with Gasteiger partial charge in [-0.1, -0.05) is 72.3 Å². The van der Waals surface area contributed by atoms with Gasteiger partial charge in [0.1, 0.15) is 0 Å². The molecule has 3 aromatic carbocycles. The molecular formula is C27H26N2O2. The zero-order chi connectivity index (χ0) is 21.8. The maximum Gasteiger partial charge on any atom is 0.229 e. The largest absolute Gasteiger partial charge is 0.311 e. The molecule has 1 atom stereocenters. The van der Waals surface area contributed by atoms with Crippen molar-refractivity contribution in [1.82, 2.24) is 4.90 Å². The van der Waals surface area contributed by atoms with Gasteiger partial charge in [0.15, 0.2) is 0 Å². The van der Waals surface area contributed by atoms with Crippen LogP contribution in [0.1, 0.15) is 41.6 Å². The molecule has 0 aliphatic carbocycles. The number of amides is 2. The number of aryl methyl sites for hydroxylation is 1. The quantitative estimate of drug-likeness (QED) is 0.558. The van der Waals surface area contributed by atoms with Crippen LogP contribution in [0.25, 0.3) is 6.08 Å². The molecule has 1 unspecified atom stereocenters. The van der Waals surface area contributed by atoms with E-state index >= 15 is 0 Å². The molecule has 156 valence electrons. The fraction of sp³-hybridized carbons (Fsp3) is 0.185. The molecule has 0 spiro atoms. The van der Waals surface area contributed by atoms with Crippen molar-refractivity contribution in [2.45, 2.75) is 32.9 Å². The van der Waals surface area contributed by atoms with E-state index in [-0.39, 0.29) is 24.3 Å². The van der Waals surface area contributed by atoms with Crippen LogP contribution >= 0.6 is 0 Å². The Morgan fingerprint density at radius 3 is 2.29 bits per heavy atom. The van der Waals surface area contributed by atoms with Crippen molar-refractivity contribution in [3.8, 4) is 0 Å². The number of fused-ring (bicyclic) bond motifs is 1. The summed E-state index contributed by atoms with van der Waals surface area (Å²) in [6, 6.07) is 25.6. The van der Waals surface area contributed by atoms with Gasteiger partial charge < -0.3 is 9.80 Å². The Bertz CT molecular complexity index is 1100. The molecule has 0 bridgehead atoms. The number of benzene rings is 3. The molecule has 0 fully saturated rings. The molecule has 0 radical (unpaired) electrons. The van der Waals surface area contributed by atoms with Crippen molar-refractivity contribution in [3.05, 3.63) is 107 Å². The lowest BCUT2D eigenvalue weighted by Gasteiger charge is -2.34. The SMILES string of the molecule is CC(=O)N1C=Cc2ccccc2C1CC(=O)N(Cc1ccccc1)c1ccc(C)cc1. The summed E-state index contributed by atoms with van der Waals surface area (Å²) in [5, 5.41) is 0. The van der Waals surface area contributed by atoms with Gasteiger partial charge in [-0.05, 0) is 41.8 Å². The molecule has 1 aliphatic heterocycles. The summed E-state index contributed by atoms with van der Waals surface area (Å²) in [5.74, 6) is -0.0949. The predicted octanol–water partition coefficient (Wildman–Crippen LogP) is 5.49. The highest BCUT2D eigenvalue weighted by molar-refractivity contribution is 5.94. The normalized spacial score (nSPS) is 14.8. The van der Waals surface area contributed by atoms with Crippen LogP contribution in [0.4, 0.5) is 5.69 Å². The second-order valence-electron chi connectivity index (χ2n) is 7.89. The number of carbonyl (C=O) groups is 2. The Morgan fingerprint density at radius 2 is 1.58 bits per heavy atom. The van der Waals surface area contributed by atoms with Crippen molar-refractivity contribution in [1.29, 1.82) is 0 Å². The Morgan fingerprint density at radius 1 is 0.903 bits per heavy atom. The first kappa shape index (κ1) is 20.6. The van der Waals surface area contributed by atoms with Crippen LogP contribution in [-0.2, 0) is 16.1 Å². The lowest BCUT2D eigenvalue weighted by Crippen LogP contribution is -2.37. The average molecular weight is 411 g/mol. The maximum absolute atomic E-state index is 13.6. The summed E-state index contributed by atoms with van der Waals surface area (Å²) in [5.41, 5.74) is 5.10. The lowest BCUT2D eigenvalue weighted by atomic mass is 9.93. The fourth-order valence-electron chi connectivity index (χ4n) is 4.00. The summed E-state index contributed by atoms with van der Waals surface area (Å²) >= 11 is 0. The first-order valence-corrected chi connectivity index (χ1v) is 10.5. The van der Waals surface area contributed by atoms with Gasteiger partial charge in [0, 0.05) is 18.8 Å². The third-order valence-corrected chi connectivity index (χ3v) is 5.67. The van der Waals surface area contributed by atoms with Crippen LogP contribution in [0.2, 0.25) is 0 Å². The smallest absolute Gasteiger partial charge is 0.229 e. The van der Waals surface area contributed by atoms with Crippen LogP contribution in [0.3, 0.4) is 0 Å². The number of rotatable bonds is 5. The van der Waals surface area contributed by atoms with Gasteiger partial charge in [-0.25, -0.2) is 0 Å². The van der Waals surface area contributed by atoms with E-state index < -0.39 is 0 Å². The van der Waals surface area contributed by atoms with E-state index in [2.05, 4.69) is 0 Å². The van der Waals surface area contributed by atoms with Gasteiger partial charge >= 0.3 is 0 Å². The standard InChI is InChI=1S/C27H26N2O2/c1-20-12-14-24(15-13-20)29(19-22-8-4-3-5-9-22)27(31)18-26-25-11-7-6-10-23(25)16-17-28(26)21(2)30/h3-17,26H,18-19H2,1-2H3. The van der Waals surface area contributed by atoms with E-state index in [1.807, 2.05) is 96.8 Å². The van der Waals surface area contributed by atoms with Crippen molar-refractivity contribution in [3.63, 3.8) is 0 Å². The summed E-state index contributed by atoms with van der Waals surface area (Å²) < 4.78 is 0. The second-order valence-corrected chi connectivity index (χ2v) is 7.89. The van der Waals surface area contributed by atoms with E-state index in [0.717, 1.165) is 27.9 Å². The van der Waals surface area contributed by atoms with Crippen LogP contribution in [0, 0.1) is 6.92 Å². The van der Waals surface area contributed by atoms with Gasteiger partial charge in [0.2, 0.25) is 11.8 Å². The second kappa shape index (κ2) is 9.00. The topological polar surface area (TPSA) is 40.6 Å². The van der Waals surface area contributed by atoms with Crippen molar-refractivity contribution < 1.29 is 9.59 Å². The van der Waals surface area contributed by atoms with Crippen molar-refractivity contribution in [2.24, 2.45) is 0 Å². The maximum atomic E-state index is 13.6. The molecule has 31 heavy (non-hydrogen) atoms. The minimum atomic E-state index is -0.324. The van der Waals surface area contributed by atoms with E-state index in [0.29, 0.717) is 6.54 Å². The molecular weight excluding hydrogens is 384 g/mol. The molecule has 0 N–H and O–H groups in total. The zero-order valence-corrected chi connectivity index (χ0v) is 17.9. The van der Waals surface area contributed by atoms with Gasteiger partial charge in [-0.2, -0.15) is 0 Å². The first-order chi connectivity index (χ1) is 15.0. The molecule has 4 nitrogen and oxygen atoms in total. The molecule has 1 aliphatic rings. The molecule has 4 heteroatoms. The summed E-state index contributed by atoms with van der Waals surface area (Å²) in [4.78, 5) is 29.4. The van der Waals surface area contributed by atoms with Crippen molar-refractivity contribution >= 4 is 23.6 Å². The van der Waals surface area contributed by atoms with Gasteiger partial charge in [0.05, 0.1) is 19.0 Å². The van der Waals surface area contributed by atoms with E-state index in [9.17, 15) is 9.59 Å². The highest BCUT2D eigenvalue weighted by atomic mass is 16.2. The van der Waals surface area contributed by atoms with Crippen molar-refractivity contribution in [2.75, 3.05) is 4.90 Å². The molecule has 1 heterocycles. The minimum Gasteiger partial charge on any atom is -0.311 e. The van der Waals surface area contributed by atoms with Gasteiger partial charge in [-0.15, -0.1) is 0 Å². The molecule has 3 aromatic rings. The third kappa shape index (κ3) is 4.58. The Labute approximate surface area is 183 Å². The zero-order valence-electron chi connectivity index (χ0n) is 17.9. The van der Waals surface area contributed by atoms with Crippen LogP contribution < -0.4 is 4.90 Å². The highest BCUT2D eigenvalue weighted by Gasteiger charge is 2.30. The number of nitrogens with zero attached hydrogens (tertiary/aromatic N) is 2. The highest BCUT2D eigenvalue weighted by Crippen LogP contribution is 2.34. The Hall–Kier alpha value is -3.66. The monoisotopic (exact) mass is 410 g/mol. The fourth-order valence-corrected chi connectivity index (χ4v) is 4.00. The molecule has 4 rings (SSSR count). The number of carbonyl (C=O) groups excluding carboxylic acids is 2. The van der Waals surface area contributed by atoms with E-state index in [4.69, 9.17) is 0 Å². The summed E-state index contributed by atoms with van der Waals surface area (Å²) in [6.07, 6.45) is 3.93. The van der Waals surface area contributed by atoms with Crippen LogP contribution in [0.5, 0.6) is 0 Å². The predicted molar refractivity (Wildman–Crippen MR) is 124 cm³/mol. The average Bonchev–Trinajstić information content (AvgIpc) is 2.79. The van der Waals surface area contributed by atoms with E-state index in [1.165, 1.54) is 6.92 Å². The van der Waals surface area contributed by atoms with Crippen LogP contribution in [-0.4, -0.2) is 16.7 Å². The first-order valence-electron chi connectivity index (χ1n) is 10.5. The number of hydrogen-bond acceptors (Lipinski definition) is 2. The molecule has 0 aromatic heterocycles. The Kier molecular flexibility index (Phi) is 5.99. The third-order valence-electron chi connectivity index (χ3n) is 5.67. The number of hydrogen-bond donors (Lipinski definition) is 0. The molecule has 0 saturated heterocycles. The minimum absolute atomic E-state index is 0.0194.